The van der Waals surface area contributed by atoms with Crippen LogP contribution in [0, 0.1) is 18.3 Å². The van der Waals surface area contributed by atoms with E-state index in [2.05, 4.69) is 19.9 Å². The molecule has 0 atom stereocenters. The lowest BCUT2D eigenvalue weighted by Gasteiger charge is -1.99. The van der Waals surface area contributed by atoms with Gasteiger partial charge < -0.3 is 4.98 Å². The summed E-state index contributed by atoms with van der Waals surface area (Å²) < 4.78 is 0. The molecule has 2 rings (SSSR count). The summed E-state index contributed by atoms with van der Waals surface area (Å²) in [6.45, 7) is 1.74. The number of aromatic nitrogens is 4. The van der Waals surface area contributed by atoms with Gasteiger partial charge in [-0.3, -0.25) is 4.79 Å². The largest absolute Gasteiger partial charge is 0.304 e. The molecule has 2 aromatic rings. The Hall–Kier alpha value is -2.55. The average Bonchev–Trinajstić information content (AvgIpc) is 2.29. The van der Waals surface area contributed by atoms with Gasteiger partial charge in [0.15, 0.2) is 5.82 Å². The van der Waals surface area contributed by atoms with E-state index in [4.69, 9.17) is 5.26 Å². The van der Waals surface area contributed by atoms with Crippen molar-refractivity contribution in [3.63, 3.8) is 0 Å². The molecule has 0 aliphatic carbocycles. The number of nitrogens with zero attached hydrogens (tertiary/aromatic N) is 4. The summed E-state index contributed by atoms with van der Waals surface area (Å²) in [5.41, 5.74) is 0.0346. The predicted octanol–water partition coefficient (Wildman–Crippen LogP) is 0.407. The predicted molar refractivity (Wildman–Crippen MR) is 55.3 cm³/mol. The zero-order valence-electron chi connectivity index (χ0n) is 8.43. The van der Waals surface area contributed by atoms with Crippen LogP contribution < -0.4 is 5.56 Å². The molecule has 0 saturated heterocycles. The van der Waals surface area contributed by atoms with Gasteiger partial charge in [0.05, 0.1) is 6.20 Å². The Labute approximate surface area is 90.7 Å². The number of aromatic amines is 1. The van der Waals surface area contributed by atoms with E-state index in [1.54, 1.807) is 25.3 Å². The van der Waals surface area contributed by atoms with Crippen molar-refractivity contribution in [3.8, 4) is 17.6 Å². The fourth-order valence-electron chi connectivity index (χ4n) is 1.19. The smallest absolute Gasteiger partial charge is 0.269 e. The van der Waals surface area contributed by atoms with Crippen LogP contribution in [0.15, 0.2) is 23.3 Å². The summed E-state index contributed by atoms with van der Waals surface area (Å²) >= 11 is 0. The van der Waals surface area contributed by atoms with E-state index in [-0.39, 0.29) is 5.56 Å². The van der Waals surface area contributed by atoms with Gasteiger partial charge in [0.25, 0.3) is 5.56 Å². The summed E-state index contributed by atoms with van der Waals surface area (Å²) in [5, 5.41) is 8.59. The number of nitriles is 1. The van der Waals surface area contributed by atoms with E-state index >= 15 is 0 Å². The Bertz CT molecular complexity index is 626. The Morgan fingerprint density at radius 2 is 2.25 bits per heavy atom. The zero-order chi connectivity index (χ0) is 11.5. The van der Waals surface area contributed by atoms with Crippen molar-refractivity contribution in [2.45, 2.75) is 6.92 Å². The van der Waals surface area contributed by atoms with Gasteiger partial charge in [0.2, 0.25) is 0 Å². The number of aryl methyl sites for hydroxylation is 1. The number of H-pyrrole nitrogens is 1. The average molecular weight is 213 g/mol. The van der Waals surface area contributed by atoms with Gasteiger partial charge in [-0.15, -0.1) is 0 Å². The molecule has 6 heteroatoms. The minimum Gasteiger partial charge on any atom is -0.304 e. The first kappa shape index (κ1) is 9.98. The van der Waals surface area contributed by atoms with Crippen molar-refractivity contribution in [1.82, 2.24) is 19.9 Å². The second-order valence-corrected chi connectivity index (χ2v) is 3.08. The standard InChI is InChI=1S/C10H7N5O/c1-6-12-3-2-8(14-6)9-13-5-7(4-11)10(16)15-9/h2-3,5H,1H3,(H,13,15,16). The van der Waals surface area contributed by atoms with Gasteiger partial charge in [0.1, 0.15) is 23.2 Å². The van der Waals surface area contributed by atoms with Gasteiger partial charge >= 0.3 is 0 Å². The van der Waals surface area contributed by atoms with Crippen LogP contribution in [0.2, 0.25) is 0 Å². The second kappa shape index (κ2) is 3.90. The van der Waals surface area contributed by atoms with Crippen LogP contribution >= 0.6 is 0 Å². The molecule has 0 aliphatic heterocycles. The molecule has 1 N–H and O–H groups in total. The van der Waals surface area contributed by atoms with Gasteiger partial charge in [-0.1, -0.05) is 0 Å². The molecule has 0 fully saturated rings. The maximum absolute atomic E-state index is 11.4. The lowest BCUT2D eigenvalue weighted by molar-refractivity contribution is 1.02. The Kier molecular flexibility index (Phi) is 2.44. The van der Waals surface area contributed by atoms with E-state index in [0.29, 0.717) is 17.3 Å². The van der Waals surface area contributed by atoms with Gasteiger partial charge in [0, 0.05) is 6.20 Å². The molecule has 0 unspecified atom stereocenters. The SMILES string of the molecule is Cc1nccc(-c2ncc(C#N)c(=O)[nH]2)n1. The molecule has 0 bridgehead atoms. The summed E-state index contributed by atoms with van der Waals surface area (Å²) in [7, 11) is 0. The van der Waals surface area contributed by atoms with Crippen molar-refractivity contribution in [2.24, 2.45) is 0 Å². The molecule has 2 heterocycles. The zero-order valence-corrected chi connectivity index (χ0v) is 8.43. The van der Waals surface area contributed by atoms with Crippen LogP contribution in [0.5, 0.6) is 0 Å². The minimum absolute atomic E-state index is 0.0190. The molecule has 0 saturated carbocycles. The molecule has 0 spiro atoms. The monoisotopic (exact) mass is 213 g/mol. The molecule has 78 valence electrons. The van der Waals surface area contributed by atoms with Crippen molar-refractivity contribution in [1.29, 1.82) is 5.26 Å². The van der Waals surface area contributed by atoms with Crippen LogP contribution in [0.4, 0.5) is 0 Å². The third-order valence-corrected chi connectivity index (χ3v) is 1.94. The first-order chi connectivity index (χ1) is 7.70. The quantitative estimate of drug-likeness (QED) is 0.740. The number of hydrogen-bond acceptors (Lipinski definition) is 5. The third kappa shape index (κ3) is 1.79. The summed E-state index contributed by atoms with van der Waals surface area (Å²) in [6, 6.07) is 3.38. The molecule has 0 aromatic carbocycles. The highest BCUT2D eigenvalue weighted by atomic mass is 16.1. The first-order valence-corrected chi connectivity index (χ1v) is 4.50. The Morgan fingerprint density at radius 1 is 1.44 bits per heavy atom. The van der Waals surface area contributed by atoms with Gasteiger partial charge in [-0.25, -0.2) is 15.0 Å². The molecule has 6 nitrogen and oxygen atoms in total. The summed E-state index contributed by atoms with van der Waals surface area (Å²) in [5.74, 6) is 0.916. The van der Waals surface area contributed by atoms with Gasteiger partial charge in [-0.05, 0) is 13.0 Å². The fraction of sp³-hybridized carbons (Fsp3) is 0.100. The highest BCUT2D eigenvalue weighted by Gasteiger charge is 2.05. The van der Waals surface area contributed by atoms with E-state index in [1.807, 2.05) is 0 Å². The summed E-state index contributed by atoms with van der Waals surface area (Å²) in [4.78, 5) is 25.9. The number of nitrogens with one attached hydrogen (secondary N) is 1. The fourth-order valence-corrected chi connectivity index (χ4v) is 1.19. The maximum Gasteiger partial charge on any atom is 0.269 e. The topological polar surface area (TPSA) is 95.3 Å². The first-order valence-electron chi connectivity index (χ1n) is 4.50. The number of hydrogen-bond donors (Lipinski definition) is 1. The molecule has 2 aromatic heterocycles. The van der Waals surface area contributed by atoms with Crippen molar-refractivity contribution in [2.75, 3.05) is 0 Å². The molecular weight excluding hydrogens is 206 g/mol. The lowest BCUT2D eigenvalue weighted by Crippen LogP contribution is -2.12. The second-order valence-electron chi connectivity index (χ2n) is 3.08. The minimum atomic E-state index is -0.469. The van der Waals surface area contributed by atoms with E-state index < -0.39 is 5.56 Å². The molecule has 16 heavy (non-hydrogen) atoms. The lowest BCUT2D eigenvalue weighted by atomic mass is 10.3. The maximum atomic E-state index is 11.4. The normalized spacial score (nSPS) is 9.75. The Balaban J connectivity index is 2.55. The highest BCUT2D eigenvalue weighted by Crippen LogP contribution is 2.08. The molecular formula is C10H7N5O. The molecule has 0 aliphatic rings. The van der Waals surface area contributed by atoms with Crippen LogP contribution in [0.3, 0.4) is 0 Å². The number of rotatable bonds is 1. The van der Waals surface area contributed by atoms with Crippen molar-refractivity contribution >= 4 is 0 Å². The van der Waals surface area contributed by atoms with Crippen molar-refractivity contribution < 1.29 is 0 Å². The van der Waals surface area contributed by atoms with Crippen LogP contribution in [0.25, 0.3) is 11.5 Å². The van der Waals surface area contributed by atoms with Crippen LogP contribution in [0.1, 0.15) is 11.4 Å². The Morgan fingerprint density at radius 3 is 2.88 bits per heavy atom. The molecule has 0 amide bonds. The summed E-state index contributed by atoms with van der Waals surface area (Å²) in [6.07, 6.45) is 2.81. The van der Waals surface area contributed by atoms with E-state index in [9.17, 15) is 4.79 Å². The van der Waals surface area contributed by atoms with Crippen LogP contribution in [-0.2, 0) is 0 Å². The molecule has 0 radical (unpaired) electrons. The van der Waals surface area contributed by atoms with Crippen LogP contribution in [-0.4, -0.2) is 19.9 Å². The third-order valence-electron chi connectivity index (χ3n) is 1.94. The van der Waals surface area contributed by atoms with E-state index in [1.165, 1.54) is 6.20 Å². The van der Waals surface area contributed by atoms with Crippen molar-refractivity contribution in [3.05, 3.63) is 40.2 Å². The van der Waals surface area contributed by atoms with Gasteiger partial charge in [-0.2, -0.15) is 5.26 Å². The van der Waals surface area contributed by atoms with E-state index in [0.717, 1.165) is 0 Å². The highest BCUT2D eigenvalue weighted by molar-refractivity contribution is 5.48.